The highest BCUT2D eigenvalue weighted by Crippen LogP contribution is 2.24. The number of nitrogens with one attached hydrogen (secondary N) is 1. The molecule has 3 atom stereocenters. The van der Waals surface area contributed by atoms with Crippen LogP contribution in [-0.2, 0) is 19.1 Å². The van der Waals surface area contributed by atoms with Gasteiger partial charge in [-0.05, 0) is 31.1 Å². The average molecular weight is 395 g/mol. The number of esters is 1. The van der Waals surface area contributed by atoms with Gasteiger partial charge in [-0.3, -0.25) is 14.4 Å². The zero-order valence-electron chi connectivity index (χ0n) is 17.3. The summed E-state index contributed by atoms with van der Waals surface area (Å²) in [6.45, 7) is 6.65. The third-order valence-electron chi connectivity index (χ3n) is 5.58. The molecule has 7 heteroatoms. The van der Waals surface area contributed by atoms with Crippen LogP contribution in [0.15, 0.2) is 12.2 Å². The number of aliphatic hydroxyl groups is 1. The van der Waals surface area contributed by atoms with Crippen LogP contribution in [0.2, 0.25) is 0 Å². The summed E-state index contributed by atoms with van der Waals surface area (Å²) < 4.78 is 5.34. The average Bonchev–Trinajstić information content (AvgIpc) is 3.10. The zero-order valence-corrected chi connectivity index (χ0v) is 17.3. The van der Waals surface area contributed by atoms with Crippen LogP contribution in [0.3, 0.4) is 0 Å². The number of nitrogens with zero attached hydrogens (tertiary/aromatic N) is 1. The highest BCUT2D eigenvalue weighted by atomic mass is 16.5. The van der Waals surface area contributed by atoms with Crippen LogP contribution in [0.4, 0.5) is 0 Å². The molecule has 0 bridgehead atoms. The van der Waals surface area contributed by atoms with E-state index >= 15 is 0 Å². The summed E-state index contributed by atoms with van der Waals surface area (Å²) in [5.74, 6) is -1.04. The molecule has 7 nitrogen and oxygen atoms in total. The van der Waals surface area contributed by atoms with Crippen LogP contribution in [0.5, 0.6) is 0 Å². The molecular weight excluding hydrogens is 360 g/mol. The first-order chi connectivity index (χ1) is 13.2. The van der Waals surface area contributed by atoms with Crippen LogP contribution < -0.4 is 5.32 Å². The summed E-state index contributed by atoms with van der Waals surface area (Å²) in [4.78, 5) is 39.3. The molecule has 2 N–H and O–H groups in total. The second-order valence-corrected chi connectivity index (χ2v) is 8.82. The van der Waals surface area contributed by atoms with Crippen molar-refractivity contribution >= 4 is 17.8 Å². The van der Waals surface area contributed by atoms with E-state index in [0.717, 1.165) is 12.8 Å². The fraction of sp³-hybridized carbons (Fsp3) is 0.762. The number of rotatable bonds is 3. The lowest BCUT2D eigenvalue weighted by molar-refractivity contribution is -0.146. The van der Waals surface area contributed by atoms with Crippen LogP contribution in [0.1, 0.15) is 59.3 Å². The third-order valence-corrected chi connectivity index (χ3v) is 5.58. The van der Waals surface area contributed by atoms with E-state index in [9.17, 15) is 19.5 Å². The van der Waals surface area contributed by atoms with Gasteiger partial charge in [-0.15, -0.1) is 0 Å². The Labute approximate surface area is 167 Å². The number of carbonyl (C=O) groups is 3. The van der Waals surface area contributed by atoms with Gasteiger partial charge < -0.3 is 20.1 Å². The maximum atomic E-state index is 13.0. The number of allylic oxidation sites excluding steroid dienone is 2. The van der Waals surface area contributed by atoms with E-state index in [1.54, 1.807) is 4.90 Å². The number of carbonyl (C=O) groups excluding carboxylic acids is 3. The summed E-state index contributed by atoms with van der Waals surface area (Å²) in [7, 11) is 0. The molecule has 2 aliphatic rings. The predicted octanol–water partition coefficient (Wildman–Crippen LogP) is 1.79. The Morgan fingerprint density at radius 2 is 2.07 bits per heavy atom. The molecule has 0 radical (unpaired) electrons. The Bertz CT molecular complexity index is 596. The molecule has 0 unspecified atom stereocenters. The zero-order chi connectivity index (χ0) is 20.7. The van der Waals surface area contributed by atoms with Crippen molar-refractivity contribution in [2.45, 2.75) is 71.4 Å². The number of ether oxygens (including phenoxy) is 1. The Kier molecular flexibility index (Phi) is 8.04. The monoisotopic (exact) mass is 394 g/mol. The molecule has 0 aromatic heterocycles. The molecule has 0 saturated carbocycles. The number of cyclic esters (lactones) is 1. The molecule has 2 rings (SSSR count). The van der Waals surface area contributed by atoms with Gasteiger partial charge in [0.1, 0.15) is 6.61 Å². The molecule has 1 saturated heterocycles. The van der Waals surface area contributed by atoms with E-state index in [1.807, 2.05) is 32.9 Å². The second kappa shape index (κ2) is 10.0. The molecule has 2 aliphatic heterocycles. The minimum atomic E-state index is -0.483. The number of likely N-dealkylation sites (tertiary alicyclic amines) is 1. The van der Waals surface area contributed by atoms with Crippen molar-refractivity contribution in [2.75, 3.05) is 19.8 Å². The van der Waals surface area contributed by atoms with Gasteiger partial charge in [0.25, 0.3) is 0 Å². The minimum Gasteiger partial charge on any atom is -0.463 e. The third kappa shape index (κ3) is 6.33. The van der Waals surface area contributed by atoms with Gasteiger partial charge in [0.2, 0.25) is 11.8 Å². The van der Waals surface area contributed by atoms with Gasteiger partial charge in [-0.2, -0.15) is 0 Å². The molecule has 0 aromatic rings. The molecule has 0 spiro atoms. The van der Waals surface area contributed by atoms with E-state index in [2.05, 4.69) is 5.32 Å². The number of hydrogen-bond acceptors (Lipinski definition) is 5. The van der Waals surface area contributed by atoms with Crippen molar-refractivity contribution in [3.63, 3.8) is 0 Å². The maximum Gasteiger partial charge on any atom is 0.306 e. The van der Waals surface area contributed by atoms with Crippen molar-refractivity contribution < 1.29 is 24.2 Å². The van der Waals surface area contributed by atoms with Gasteiger partial charge in [0, 0.05) is 19.4 Å². The smallest absolute Gasteiger partial charge is 0.306 e. The first kappa shape index (κ1) is 22.4. The quantitative estimate of drug-likeness (QED) is 0.562. The standard InChI is InChI=1S/C21H34N2O5/c1-21(2,3)17-14-28-19(26)10-6-4-5-8-15(20(27)22-17)12-18(25)23-11-7-9-16(23)13-24/h4-5,15-17,24H,6-14H2,1-3H3,(H,22,27)/t15-,16+,17-/m1/s1. The van der Waals surface area contributed by atoms with E-state index in [1.165, 1.54) is 0 Å². The first-order valence-corrected chi connectivity index (χ1v) is 10.2. The number of aliphatic hydroxyl groups excluding tert-OH is 1. The fourth-order valence-electron chi connectivity index (χ4n) is 3.59. The molecule has 158 valence electrons. The molecule has 28 heavy (non-hydrogen) atoms. The molecule has 1 fully saturated rings. The lowest BCUT2D eigenvalue weighted by atomic mass is 9.86. The van der Waals surface area contributed by atoms with Crippen molar-refractivity contribution in [1.82, 2.24) is 10.2 Å². The van der Waals surface area contributed by atoms with E-state index in [0.29, 0.717) is 25.8 Å². The summed E-state index contributed by atoms with van der Waals surface area (Å²) in [5.41, 5.74) is -0.290. The van der Waals surface area contributed by atoms with Crippen LogP contribution in [0.25, 0.3) is 0 Å². The van der Waals surface area contributed by atoms with Crippen molar-refractivity contribution in [3.8, 4) is 0 Å². The first-order valence-electron chi connectivity index (χ1n) is 10.2. The Morgan fingerprint density at radius 3 is 2.75 bits per heavy atom. The van der Waals surface area contributed by atoms with Crippen molar-refractivity contribution in [2.24, 2.45) is 11.3 Å². The van der Waals surface area contributed by atoms with E-state index < -0.39 is 5.92 Å². The molecule has 0 aliphatic carbocycles. The topological polar surface area (TPSA) is 95.9 Å². The number of hydrogen-bond donors (Lipinski definition) is 2. The van der Waals surface area contributed by atoms with Gasteiger partial charge in [0.05, 0.1) is 24.6 Å². The second-order valence-electron chi connectivity index (χ2n) is 8.82. The van der Waals surface area contributed by atoms with Crippen molar-refractivity contribution in [3.05, 3.63) is 12.2 Å². The van der Waals surface area contributed by atoms with Gasteiger partial charge in [-0.25, -0.2) is 0 Å². The van der Waals surface area contributed by atoms with Crippen molar-refractivity contribution in [1.29, 1.82) is 0 Å². The normalized spacial score (nSPS) is 27.6. The summed E-state index contributed by atoms with van der Waals surface area (Å²) >= 11 is 0. The summed E-state index contributed by atoms with van der Waals surface area (Å²) in [6, 6.07) is -0.471. The summed E-state index contributed by atoms with van der Waals surface area (Å²) in [6.07, 6.45) is 6.83. The highest BCUT2D eigenvalue weighted by molar-refractivity contribution is 5.86. The largest absolute Gasteiger partial charge is 0.463 e. The van der Waals surface area contributed by atoms with Crippen LogP contribution in [0, 0.1) is 11.3 Å². The lowest BCUT2D eigenvalue weighted by Gasteiger charge is -2.33. The van der Waals surface area contributed by atoms with E-state index in [4.69, 9.17) is 4.74 Å². The number of amides is 2. The molecular formula is C21H34N2O5. The van der Waals surface area contributed by atoms with Gasteiger partial charge >= 0.3 is 5.97 Å². The Balaban J connectivity index is 2.13. The lowest BCUT2D eigenvalue weighted by Crippen LogP contribution is -2.50. The fourth-order valence-corrected chi connectivity index (χ4v) is 3.59. The highest BCUT2D eigenvalue weighted by Gasteiger charge is 2.34. The summed E-state index contributed by atoms with van der Waals surface area (Å²) in [5, 5.41) is 12.5. The van der Waals surface area contributed by atoms with Crippen LogP contribution >= 0.6 is 0 Å². The van der Waals surface area contributed by atoms with Gasteiger partial charge in [-0.1, -0.05) is 32.9 Å². The SMILES string of the molecule is CC(C)(C)[C@H]1COC(=O)CCC=CC[C@H](CC(=O)N2CCC[C@H]2CO)C(=O)N1. The minimum absolute atomic E-state index is 0.0417. The van der Waals surface area contributed by atoms with Gasteiger partial charge in [0.15, 0.2) is 0 Å². The molecule has 2 heterocycles. The predicted molar refractivity (Wildman–Crippen MR) is 105 cm³/mol. The molecule has 2 amide bonds. The Hall–Kier alpha value is -1.89. The molecule has 0 aromatic carbocycles. The van der Waals surface area contributed by atoms with Crippen LogP contribution in [-0.4, -0.2) is 59.6 Å². The maximum absolute atomic E-state index is 13.0. The Morgan fingerprint density at radius 1 is 1.32 bits per heavy atom. The van der Waals surface area contributed by atoms with E-state index in [-0.39, 0.29) is 54.9 Å².